The van der Waals surface area contributed by atoms with Crippen molar-refractivity contribution in [1.29, 1.82) is 0 Å². The second-order valence-corrected chi connectivity index (χ2v) is 3.26. The summed E-state index contributed by atoms with van der Waals surface area (Å²) in [6.07, 6.45) is -0.0843. The van der Waals surface area contributed by atoms with Crippen LogP contribution in [0.15, 0.2) is 0 Å². The molecule has 0 aromatic rings. The lowest BCUT2D eigenvalue weighted by Crippen LogP contribution is -2.35. The second-order valence-electron chi connectivity index (χ2n) is 2.82. The molecule has 4 nitrogen and oxygen atoms in total. The topological polar surface area (TPSA) is 64.4 Å². The van der Waals surface area contributed by atoms with Crippen LogP contribution in [-0.2, 0) is 9.53 Å². The number of thiocarbonyl (C=S) groups is 1. The maximum Gasteiger partial charge on any atom is 0.195 e. The van der Waals surface area contributed by atoms with E-state index in [0.29, 0.717) is 13.3 Å². The van der Waals surface area contributed by atoms with E-state index < -0.39 is 0 Å². The van der Waals surface area contributed by atoms with E-state index in [4.69, 9.17) is 10.5 Å². The summed E-state index contributed by atoms with van der Waals surface area (Å²) in [5.74, 6) is -0.434. The van der Waals surface area contributed by atoms with Crippen molar-refractivity contribution < 1.29 is 9.53 Å². The summed E-state index contributed by atoms with van der Waals surface area (Å²) in [6.45, 7) is 2.97. The number of hydrogen-bond acceptors (Lipinski definition) is 4. The predicted octanol–water partition coefficient (Wildman–Crippen LogP) is -0.576. The molecule has 0 bridgehead atoms. The molecule has 0 amide bonds. The van der Waals surface area contributed by atoms with Gasteiger partial charge in [0.2, 0.25) is 0 Å². The number of nitrogens with one attached hydrogen (secondary N) is 1. The molecule has 1 aliphatic rings. The van der Waals surface area contributed by atoms with E-state index >= 15 is 0 Å². The first-order chi connectivity index (χ1) is 5.63. The molecule has 1 aliphatic heterocycles. The molecule has 3 N–H and O–H groups in total. The van der Waals surface area contributed by atoms with Gasteiger partial charge in [0.05, 0.1) is 12.8 Å². The molecule has 0 aromatic carbocycles. The summed E-state index contributed by atoms with van der Waals surface area (Å²) < 4.78 is 5.24. The fraction of sp³-hybridized carbons (Fsp3) is 0.714. The Labute approximate surface area is 76.4 Å². The Morgan fingerprint density at radius 3 is 2.92 bits per heavy atom. The third kappa shape index (κ3) is 2.00. The van der Waals surface area contributed by atoms with Crippen LogP contribution in [0.2, 0.25) is 0 Å². The van der Waals surface area contributed by atoms with E-state index in [1.807, 2.05) is 0 Å². The minimum atomic E-state index is -0.238. The normalized spacial score (nSPS) is 25.2. The third-order valence-electron chi connectivity index (χ3n) is 1.96. The van der Waals surface area contributed by atoms with E-state index in [1.54, 1.807) is 6.92 Å². The third-order valence-corrected chi connectivity index (χ3v) is 2.16. The molecule has 1 heterocycles. The Morgan fingerprint density at radius 2 is 2.50 bits per heavy atom. The van der Waals surface area contributed by atoms with E-state index in [-0.39, 0.29) is 22.8 Å². The van der Waals surface area contributed by atoms with Crippen LogP contribution in [0.3, 0.4) is 0 Å². The van der Waals surface area contributed by atoms with Crippen LogP contribution < -0.4 is 11.1 Å². The zero-order valence-corrected chi connectivity index (χ0v) is 7.69. The Kier molecular flexibility index (Phi) is 3.13. The summed E-state index contributed by atoms with van der Waals surface area (Å²) in [4.78, 5) is 11.2. The van der Waals surface area contributed by atoms with Crippen LogP contribution in [0.25, 0.3) is 0 Å². The lowest BCUT2D eigenvalue weighted by atomic mass is 10.00. The molecule has 0 radical (unpaired) electrons. The molecule has 2 unspecified atom stereocenters. The van der Waals surface area contributed by atoms with Gasteiger partial charge in [-0.1, -0.05) is 19.1 Å². The van der Waals surface area contributed by atoms with Crippen LogP contribution in [0.5, 0.6) is 0 Å². The van der Waals surface area contributed by atoms with E-state index in [0.717, 1.165) is 0 Å². The Morgan fingerprint density at radius 1 is 1.83 bits per heavy atom. The highest BCUT2D eigenvalue weighted by atomic mass is 32.1. The number of carbonyl (C=O) groups is 1. The summed E-state index contributed by atoms with van der Waals surface area (Å²) >= 11 is 4.58. The Bertz CT molecular complexity index is 202. The maximum atomic E-state index is 11.3. The molecule has 0 spiro atoms. The number of carbonyl (C=O) groups excluding carboxylic acids is 1. The molecule has 2 atom stereocenters. The number of nitrogens with two attached hydrogens (primary N) is 1. The first-order valence-electron chi connectivity index (χ1n) is 3.79. The van der Waals surface area contributed by atoms with Gasteiger partial charge in [0.15, 0.2) is 5.78 Å². The van der Waals surface area contributed by atoms with Crippen LogP contribution >= 0.6 is 12.2 Å². The maximum absolute atomic E-state index is 11.3. The Hall–Kier alpha value is -0.520. The smallest absolute Gasteiger partial charge is 0.195 e. The van der Waals surface area contributed by atoms with Gasteiger partial charge >= 0.3 is 0 Å². The zero-order valence-electron chi connectivity index (χ0n) is 6.87. The van der Waals surface area contributed by atoms with Gasteiger partial charge in [-0.25, -0.2) is 0 Å². The molecule has 12 heavy (non-hydrogen) atoms. The lowest BCUT2D eigenvalue weighted by Gasteiger charge is -2.14. The van der Waals surface area contributed by atoms with E-state index in [1.165, 1.54) is 0 Å². The fourth-order valence-corrected chi connectivity index (χ4v) is 1.33. The average Bonchev–Trinajstić information content (AvgIpc) is 2.53. The molecule has 1 saturated heterocycles. The highest BCUT2D eigenvalue weighted by molar-refractivity contribution is 7.82. The van der Waals surface area contributed by atoms with Crippen molar-refractivity contribution in [2.24, 2.45) is 11.7 Å². The first-order valence-corrected chi connectivity index (χ1v) is 4.19. The quantitative estimate of drug-likeness (QED) is 0.580. The SMILES string of the molecule is CC(C(=O)C(N)=S)C1CNCO1. The summed E-state index contributed by atoms with van der Waals surface area (Å²) in [6, 6.07) is 0. The van der Waals surface area contributed by atoms with Crippen molar-refractivity contribution in [3.8, 4) is 0 Å². The van der Waals surface area contributed by atoms with Gasteiger partial charge in [-0.15, -0.1) is 0 Å². The highest BCUT2D eigenvalue weighted by Crippen LogP contribution is 2.11. The van der Waals surface area contributed by atoms with Crippen molar-refractivity contribution in [3.63, 3.8) is 0 Å². The van der Waals surface area contributed by atoms with Crippen LogP contribution in [0, 0.1) is 5.92 Å². The van der Waals surface area contributed by atoms with Crippen molar-refractivity contribution in [2.75, 3.05) is 13.3 Å². The first kappa shape index (κ1) is 9.57. The van der Waals surface area contributed by atoms with E-state index in [2.05, 4.69) is 17.5 Å². The monoisotopic (exact) mass is 188 g/mol. The summed E-state index contributed by atoms with van der Waals surface area (Å²) in [7, 11) is 0. The second kappa shape index (κ2) is 3.93. The number of ketones is 1. The largest absolute Gasteiger partial charge is 0.387 e. The fourth-order valence-electron chi connectivity index (χ4n) is 1.14. The molecule has 68 valence electrons. The average molecular weight is 188 g/mol. The van der Waals surface area contributed by atoms with Crippen molar-refractivity contribution in [1.82, 2.24) is 5.32 Å². The zero-order chi connectivity index (χ0) is 9.14. The summed E-state index contributed by atoms with van der Waals surface area (Å²) in [5, 5.41) is 2.99. The molecule has 0 aromatic heterocycles. The van der Waals surface area contributed by atoms with Crippen LogP contribution in [0.4, 0.5) is 0 Å². The summed E-state index contributed by atoms with van der Waals surface area (Å²) in [5.41, 5.74) is 5.21. The minimum Gasteiger partial charge on any atom is -0.387 e. The lowest BCUT2D eigenvalue weighted by molar-refractivity contribution is -0.119. The van der Waals surface area contributed by atoms with Crippen molar-refractivity contribution in [2.45, 2.75) is 13.0 Å². The number of hydrogen-bond donors (Lipinski definition) is 2. The number of ether oxygens (including phenoxy) is 1. The Balaban J connectivity index is 2.51. The molecule has 1 fully saturated rings. The predicted molar refractivity (Wildman–Crippen MR) is 48.7 cm³/mol. The standard InChI is InChI=1S/C7H12N2O2S/c1-4(6(10)7(8)12)5-2-9-3-11-5/h4-5,9H,2-3H2,1H3,(H2,8,12). The van der Waals surface area contributed by atoms with Crippen molar-refractivity contribution in [3.05, 3.63) is 0 Å². The van der Waals surface area contributed by atoms with Crippen LogP contribution in [-0.4, -0.2) is 30.2 Å². The van der Waals surface area contributed by atoms with Gasteiger partial charge in [0.1, 0.15) is 4.99 Å². The van der Waals surface area contributed by atoms with Gasteiger partial charge in [0, 0.05) is 12.5 Å². The van der Waals surface area contributed by atoms with Crippen molar-refractivity contribution >= 4 is 23.0 Å². The van der Waals surface area contributed by atoms with E-state index in [9.17, 15) is 4.79 Å². The highest BCUT2D eigenvalue weighted by Gasteiger charge is 2.28. The van der Waals surface area contributed by atoms with Gasteiger partial charge in [-0.3, -0.25) is 10.1 Å². The minimum absolute atomic E-state index is 0.0574. The molecular weight excluding hydrogens is 176 g/mol. The molecule has 5 heteroatoms. The van der Waals surface area contributed by atoms with Gasteiger partial charge in [-0.2, -0.15) is 0 Å². The number of rotatable bonds is 3. The van der Waals surface area contributed by atoms with Gasteiger partial charge in [0.25, 0.3) is 0 Å². The number of Topliss-reactive ketones (excluding diaryl/α,β-unsaturated/α-hetero) is 1. The molecular formula is C7H12N2O2S. The molecule has 0 aliphatic carbocycles. The van der Waals surface area contributed by atoms with Crippen LogP contribution in [0.1, 0.15) is 6.92 Å². The van der Waals surface area contributed by atoms with Gasteiger partial charge < -0.3 is 10.5 Å². The van der Waals surface area contributed by atoms with Gasteiger partial charge in [-0.05, 0) is 0 Å². The molecule has 1 rings (SSSR count). The molecule has 0 saturated carbocycles.